The molecule has 5 aromatic rings. The molecule has 4 aromatic heterocycles. The minimum Gasteiger partial charge on any atom is -0.269 e. The Balaban J connectivity index is 1.47. The quantitative estimate of drug-likeness (QED) is 0.284. The van der Waals surface area contributed by atoms with Gasteiger partial charge in [0, 0.05) is 22.9 Å². The third-order valence-electron chi connectivity index (χ3n) is 5.97. The van der Waals surface area contributed by atoms with E-state index in [1.54, 1.807) is 28.2 Å². The monoisotopic (exact) mass is 472 g/mol. The molecular weight excluding hydrogens is 452 g/mol. The molecule has 164 valence electrons. The molecule has 1 aliphatic carbocycles. The number of thiophene rings is 1. The van der Waals surface area contributed by atoms with Crippen LogP contribution in [-0.2, 0) is 18.6 Å². The van der Waals surface area contributed by atoms with E-state index in [2.05, 4.69) is 4.98 Å². The number of benzene rings is 1. The van der Waals surface area contributed by atoms with Gasteiger partial charge >= 0.3 is 0 Å². The van der Waals surface area contributed by atoms with E-state index >= 15 is 0 Å². The molecule has 0 fully saturated rings. The first kappa shape index (κ1) is 20.4. The largest absolute Gasteiger partial charge is 0.269 e. The standard InChI is InChI=1S/C25H20N4O2S2/c1-15-8-10-17(11-9-15)29-24(31)22-18-5-4-6-19(18)33-23(22)27-25(29)32-14-16-13-21(30)28-12-3-2-7-20(28)26-16/h2-3,7-13H,4-6,14H2,1H3. The summed E-state index contributed by atoms with van der Waals surface area (Å²) in [5.74, 6) is 0.440. The lowest BCUT2D eigenvalue weighted by Crippen LogP contribution is -2.22. The maximum absolute atomic E-state index is 13.7. The molecule has 1 aliphatic rings. The van der Waals surface area contributed by atoms with E-state index in [1.807, 2.05) is 49.4 Å². The molecule has 8 heteroatoms. The molecule has 0 spiro atoms. The number of fused-ring (bicyclic) bond motifs is 4. The van der Waals surface area contributed by atoms with Crippen LogP contribution in [0.25, 0.3) is 21.6 Å². The maximum atomic E-state index is 13.7. The third kappa shape index (κ3) is 3.50. The van der Waals surface area contributed by atoms with Crippen molar-refractivity contribution in [2.24, 2.45) is 0 Å². The Morgan fingerprint density at radius 3 is 2.76 bits per heavy atom. The van der Waals surface area contributed by atoms with Gasteiger partial charge in [-0.25, -0.2) is 9.97 Å². The summed E-state index contributed by atoms with van der Waals surface area (Å²) in [6.45, 7) is 2.03. The van der Waals surface area contributed by atoms with Gasteiger partial charge in [-0.3, -0.25) is 18.6 Å². The zero-order valence-electron chi connectivity index (χ0n) is 17.9. The van der Waals surface area contributed by atoms with Gasteiger partial charge < -0.3 is 0 Å². The second-order valence-electron chi connectivity index (χ2n) is 8.21. The van der Waals surface area contributed by atoms with E-state index in [9.17, 15) is 9.59 Å². The SMILES string of the molecule is Cc1ccc(-n2c(SCc3cc(=O)n4ccccc4n3)nc3sc4c(c3c2=O)CCC4)cc1. The van der Waals surface area contributed by atoms with Gasteiger partial charge in [0.1, 0.15) is 10.5 Å². The molecule has 0 radical (unpaired) electrons. The second-order valence-corrected chi connectivity index (χ2v) is 10.2. The predicted octanol–water partition coefficient (Wildman–Crippen LogP) is 4.54. The highest BCUT2D eigenvalue weighted by Crippen LogP contribution is 2.36. The minimum absolute atomic E-state index is 0.0164. The number of aryl methyl sites for hydroxylation is 3. The van der Waals surface area contributed by atoms with Crippen molar-refractivity contribution in [1.29, 1.82) is 0 Å². The van der Waals surface area contributed by atoms with Crippen molar-refractivity contribution in [2.75, 3.05) is 0 Å². The van der Waals surface area contributed by atoms with Crippen LogP contribution in [0.3, 0.4) is 0 Å². The van der Waals surface area contributed by atoms with E-state index in [1.165, 1.54) is 26.6 Å². The van der Waals surface area contributed by atoms with E-state index in [4.69, 9.17) is 4.98 Å². The molecule has 0 N–H and O–H groups in total. The number of rotatable bonds is 4. The number of nitrogens with zero attached hydrogens (tertiary/aromatic N) is 4. The van der Waals surface area contributed by atoms with Crippen molar-refractivity contribution in [1.82, 2.24) is 18.9 Å². The summed E-state index contributed by atoms with van der Waals surface area (Å²) in [5.41, 5.74) is 4.24. The van der Waals surface area contributed by atoms with E-state index < -0.39 is 0 Å². The first-order valence-corrected chi connectivity index (χ1v) is 12.6. The number of thioether (sulfide) groups is 1. The van der Waals surface area contributed by atoms with E-state index in [0.717, 1.165) is 40.7 Å². The average Bonchev–Trinajstić information content (AvgIpc) is 3.40. The highest BCUT2D eigenvalue weighted by Gasteiger charge is 2.24. The lowest BCUT2D eigenvalue weighted by Gasteiger charge is -2.13. The normalized spacial score (nSPS) is 13.1. The first-order chi connectivity index (χ1) is 16.1. The number of hydrogen-bond donors (Lipinski definition) is 0. The topological polar surface area (TPSA) is 69.3 Å². The Kier molecular flexibility index (Phi) is 4.92. The Labute approximate surface area is 197 Å². The molecule has 1 aromatic carbocycles. The van der Waals surface area contributed by atoms with Gasteiger partial charge in [-0.05, 0) is 56.0 Å². The van der Waals surface area contributed by atoms with Gasteiger partial charge in [0.2, 0.25) is 0 Å². The zero-order chi connectivity index (χ0) is 22.5. The van der Waals surface area contributed by atoms with Crippen LogP contribution in [0.5, 0.6) is 0 Å². The molecule has 33 heavy (non-hydrogen) atoms. The van der Waals surface area contributed by atoms with Gasteiger partial charge in [-0.2, -0.15) is 0 Å². The number of hydrogen-bond acceptors (Lipinski definition) is 6. The van der Waals surface area contributed by atoms with E-state index in [0.29, 0.717) is 22.3 Å². The summed E-state index contributed by atoms with van der Waals surface area (Å²) in [6, 6.07) is 15.0. The molecule has 4 heterocycles. The van der Waals surface area contributed by atoms with Crippen LogP contribution in [0.1, 0.15) is 28.1 Å². The van der Waals surface area contributed by atoms with Crippen LogP contribution in [0.15, 0.2) is 69.5 Å². The first-order valence-electron chi connectivity index (χ1n) is 10.8. The van der Waals surface area contributed by atoms with Crippen molar-refractivity contribution in [3.63, 3.8) is 0 Å². The summed E-state index contributed by atoms with van der Waals surface area (Å²) >= 11 is 3.07. The summed E-state index contributed by atoms with van der Waals surface area (Å²) in [4.78, 5) is 37.9. The molecule has 0 saturated carbocycles. The van der Waals surface area contributed by atoms with Gasteiger partial charge in [0.15, 0.2) is 5.16 Å². The highest BCUT2D eigenvalue weighted by atomic mass is 32.2. The van der Waals surface area contributed by atoms with Crippen LogP contribution in [0.2, 0.25) is 0 Å². The Morgan fingerprint density at radius 2 is 1.91 bits per heavy atom. The van der Waals surface area contributed by atoms with Crippen molar-refractivity contribution in [3.05, 3.63) is 97.1 Å². The molecular formula is C25H20N4O2S2. The van der Waals surface area contributed by atoms with Crippen LogP contribution >= 0.6 is 23.1 Å². The average molecular weight is 473 g/mol. The van der Waals surface area contributed by atoms with Crippen molar-refractivity contribution in [3.8, 4) is 5.69 Å². The van der Waals surface area contributed by atoms with Crippen LogP contribution in [-0.4, -0.2) is 18.9 Å². The molecule has 0 aliphatic heterocycles. The van der Waals surface area contributed by atoms with Gasteiger partial charge in [-0.15, -0.1) is 11.3 Å². The van der Waals surface area contributed by atoms with Crippen molar-refractivity contribution < 1.29 is 0 Å². The minimum atomic E-state index is -0.120. The zero-order valence-corrected chi connectivity index (χ0v) is 19.6. The molecule has 6 rings (SSSR count). The Morgan fingerprint density at radius 1 is 1.06 bits per heavy atom. The molecule has 0 amide bonds. The van der Waals surface area contributed by atoms with Gasteiger partial charge in [0.25, 0.3) is 11.1 Å². The fraction of sp³-hybridized carbons (Fsp3) is 0.200. The van der Waals surface area contributed by atoms with Crippen LogP contribution in [0, 0.1) is 6.92 Å². The summed E-state index contributed by atoms with van der Waals surface area (Å²) in [7, 11) is 0. The fourth-order valence-corrected chi connectivity index (χ4v) is 6.57. The van der Waals surface area contributed by atoms with Gasteiger partial charge in [0.05, 0.1) is 16.8 Å². The lowest BCUT2D eigenvalue weighted by molar-refractivity contribution is 0.819. The van der Waals surface area contributed by atoms with E-state index in [-0.39, 0.29) is 11.1 Å². The second kappa shape index (κ2) is 7.97. The maximum Gasteiger partial charge on any atom is 0.267 e. The Bertz CT molecular complexity index is 1650. The molecule has 0 atom stereocenters. The summed E-state index contributed by atoms with van der Waals surface area (Å²) in [5, 5.41) is 1.38. The van der Waals surface area contributed by atoms with Crippen molar-refractivity contribution >= 4 is 39.0 Å². The number of pyridine rings is 1. The van der Waals surface area contributed by atoms with Crippen LogP contribution in [0.4, 0.5) is 0 Å². The molecule has 0 unspecified atom stereocenters. The summed E-state index contributed by atoms with van der Waals surface area (Å²) < 4.78 is 3.24. The van der Waals surface area contributed by atoms with Crippen LogP contribution < -0.4 is 11.1 Å². The highest BCUT2D eigenvalue weighted by molar-refractivity contribution is 7.98. The number of aromatic nitrogens is 4. The lowest BCUT2D eigenvalue weighted by atomic mass is 10.2. The fourth-order valence-electron chi connectivity index (χ4n) is 4.36. The molecule has 0 saturated heterocycles. The Hall–Kier alpha value is -3.23. The van der Waals surface area contributed by atoms with Gasteiger partial charge in [-0.1, -0.05) is 35.5 Å². The summed E-state index contributed by atoms with van der Waals surface area (Å²) in [6.07, 6.45) is 4.77. The smallest absolute Gasteiger partial charge is 0.267 e. The predicted molar refractivity (Wildman–Crippen MR) is 133 cm³/mol. The molecule has 0 bridgehead atoms. The van der Waals surface area contributed by atoms with Crippen molar-refractivity contribution in [2.45, 2.75) is 37.1 Å². The third-order valence-corrected chi connectivity index (χ3v) is 8.13. The molecule has 6 nitrogen and oxygen atoms in total.